The van der Waals surface area contributed by atoms with Gasteiger partial charge < -0.3 is 15.4 Å². The molecule has 0 saturated carbocycles. The number of ether oxygens (including phenoxy) is 1. The van der Waals surface area contributed by atoms with Crippen molar-refractivity contribution in [3.05, 3.63) is 52.7 Å². The molecule has 0 unspecified atom stereocenters. The van der Waals surface area contributed by atoms with E-state index in [1.165, 1.54) is 12.3 Å². The predicted molar refractivity (Wildman–Crippen MR) is 106 cm³/mol. The lowest BCUT2D eigenvalue weighted by Gasteiger charge is -2.14. The number of amides is 2. The molecular weight excluding hydrogens is 380 g/mol. The summed E-state index contributed by atoms with van der Waals surface area (Å²) in [5.41, 5.74) is 2.62. The number of rotatable bonds is 8. The third-order valence-electron chi connectivity index (χ3n) is 4.12. The molecule has 6 nitrogen and oxygen atoms in total. The zero-order valence-corrected chi connectivity index (χ0v) is 16.9. The summed E-state index contributed by atoms with van der Waals surface area (Å²) >= 11 is 0. The molecule has 0 fully saturated rings. The molecule has 29 heavy (non-hydrogen) atoms. The Morgan fingerprint density at radius 2 is 1.79 bits per heavy atom. The van der Waals surface area contributed by atoms with Crippen molar-refractivity contribution in [3.63, 3.8) is 0 Å². The zero-order valence-electron chi connectivity index (χ0n) is 16.9. The van der Waals surface area contributed by atoms with Crippen molar-refractivity contribution in [2.45, 2.75) is 40.7 Å². The zero-order chi connectivity index (χ0) is 21.6. The van der Waals surface area contributed by atoms with Crippen LogP contribution in [0.15, 0.2) is 30.5 Å². The number of hydrogen-bond donors (Lipinski definition) is 2. The molecule has 2 aromatic rings. The molecule has 156 valence electrons. The van der Waals surface area contributed by atoms with Crippen molar-refractivity contribution in [3.8, 4) is 5.75 Å². The van der Waals surface area contributed by atoms with Crippen LogP contribution in [0.2, 0.25) is 0 Å². The van der Waals surface area contributed by atoms with E-state index in [9.17, 15) is 18.4 Å². The number of nitrogens with zero attached hydrogens (tertiary/aromatic N) is 1. The maximum Gasteiger partial charge on any atom is 0.272 e. The fourth-order valence-electron chi connectivity index (χ4n) is 2.71. The highest BCUT2D eigenvalue weighted by Gasteiger charge is 2.13. The number of carbonyl (C=O) groups is 2. The van der Waals surface area contributed by atoms with Gasteiger partial charge in [-0.15, -0.1) is 0 Å². The highest BCUT2D eigenvalue weighted by molar-refractivity contribution is 5.96. The van der Waals surface area contributed by atoms with Crippen LogP contribution in [0.5, 0.6) is 5.75 Å². The number of carbonyl (C=O) groups excluding carboxylic acids is 2. The number of halogens is 2. The molecule has 2 rings (SSSR count). The van der Waals surface area contributed by atoms with Crippen LogP contribution >= 0.6 is 0 Å². The third-order valence-corrected chi connectivity index (χ3v) is 4.12. The summed E-state index contributed by atoms with van der Waals surface area (Å²) in [4.78, 5) is 28.3. The predicted octanol–water partition coefficient (Wildman–Crippen LogP) is 3.87. The fraction of sp³-hybridized carbons (Fsp3) is 0.381. The molecule has 0 atom stereocenters. The van der Waals surface area contributed by atoms with Crippen LogP contribution in [0, 0.1) is 19.8 Å². The molecule has 8 heteroatoms. The Kier molecular flexibility index (Phi) is 7.64. The second kappa shape index (κ2) is 9.95. The van der Waals surface area contributed by atoms with E-state index >= 15 is 0 Å². The van der Waals surface area contributed by atoms with Gasteiger partial charge in [-0.1, -0.05) is 26.0 Å². The molecule has 0 aliphatic rings. The smallest absolute Gasteiger partial charge is 0.272 e. The summed E-state index contributed by atoms with van der Waals surface area (Å²) in [6.45, 7) is 6.66. The molecule has 0 radical (unpaired) electrons. The minimum atomic E-state index is -2.54. The largest absolute Gasteiger partial charge is 0.487 e. The van der Waals surface area contributed by atoms with E-state index in [0.29, 0.717) is 17.1 Å². The molecule has 0 saturated heterocycles. The fourth-order valence-corrected chi connectivity index (χ4v) is 2.71. The van der Waals surface area contributed by atoms with E-state index in [0.717, 1.165) is 16.7 Å². The summed E-state index contributed by atoms with van der Waals surface area (Å²) in [5.74, 6) is 0.0351. The van der Waals surface area contributed by atoms with Crippen LogP contribution < -0.4 is 15.4 Å². The van der Waals surface area contributed by atoms with Crippen molar-refractivity contribution in [2.24, 2.45) is 5.92 Å². The molecule has 0 aliphatic carbocycles. The highest BCUT2D eigenvalue weighted by atomic mass is 19.3. The second-order valence-electron chi connectivity index (χ2n) is 7.02. The van der Waals surface area contributed by atoms with Crippen LogP contribution in [0.4, 0.5) is 14.6 Å². The highest BCUT2D eigenvalue weighted by Crippen LogP contribution is 2.25. The first-order chi connectivity index (χ1) is 13.7. The number of hydrogen-bond acceptors (Lipinski definition) is 4. The van der Waals surface area contributed by atoms with Crippen molar-refractivity contribution in [1.29, 1.82) is 0 Å². The number of benzene rings is 1. The van der Waals surface area contributed by atoms with Gasteiger partial charge in [-0.25, -0.2) is 13.8 Å². The molecule has 2 amide bonds. The van der Waals surface area contributed by atoms with Crippen LogP contribution in [0.25, 0.3) is 0 Å². The monoisotopic (exact) mass is 405 g/mol. The normalized spacial score (nSPS) is 10.9. The first-order valence-electron chi connectivity index (χ1n) is 9.23. The average molecular weight is 405 g/mol. The Morgan fingerprint density at radius 3 is 2.38 bits per heavy atom. The Bertz CT molecular complexity index is 862. The molecule has 0 aliphatic heterocycles. The minimum absolute atomic E-state index is 0.185. The topological polar surface area (TPSA) is 80.3 Å². The number of nitrogens with one attached hydrogen (secondary N) is 2. The standard InChI is InChI=1S/C21H25F2N3O3/c1-12(2)20(27)26-18-9-16(5-6-24-18)21(28)25-10-15-7-13(3)19(14(4)8-15)29-11-17(22)23/h5-9,12,17H,10-11H2,1-4H3,(H,25,28)(H,24,26,27). The average Bonchev–Trinajstić information content (AvgIpc) is 2.65. The number of aryl methyl sites for hydroxylation is 2. The van der Waals surface area contributed by atoms with Gasteiger partial charge in [-0.3, -0.25) is 9.59 Å². The third kappa shape index (κ3) is 6.51. The summed E-state index contributed by atoms with van der Waals surface area (Å²) in [6.07, 6.45) is -1.09. The first-order valence-corrected chi connectivity index (χ1v) is 9.23. The quantitative estimate of drug-likeness (QED) is 0.699. The lowest BCUT2D eigenvalue weighted by atomic mass is 10.1. The molecule has 0 spiro atoms. The summed E-state index contributed by atoms with van der Waals surface area (Å²) in [5, 5.41) is 5.46. The van der Waals surface area contributed by atoms with Crippen LogP contribution in [-0.4, -0.2) is 29.8 Å². The molecular formula is C21H25F2N3O3. The van der Waals surface area contributed by atoms with Gasteiger partial charge in [0.1, 0.15) is 18.2 Å². The van der Waals surface area contributed by atoms with E-state index in [2.05, 4.69) is 15.6 Å². The summed E-state index contributed by atoms with van der Waals surface area (Å²) in [7, 11) is 0. The molecule has 1 aromatic carbocycles. The summed E-state index contributed by atoms with van der Waals surface area (Å²) in [6, 6.07) is 6.63. The van der Waals surface area contributed by atoms with Gasteiger partial charge in [0.15, 0.2) is 0 Å². The SMILES string of the molecule is Cc1cc(CNC(=O)c2ccnc(NC(=O)C(C)C)c2)cc(C)c1OCC(F)F. The lowest BCUT2D eigenvalue weighted by Crippen LogP contribution is -2.24. The number of alkyl halides is 2. The van der Waals surface area contributed by atoms with E-state index < -0.39 is 13.0 Å². The van der Waals surface area contributed by atoms with Crippen molar-refractivity contribution < 1.29 is 23.1 Å². The van der Waals surface area contributed by atoms with Gasteiger partial charge in [-0.05, 0) is 42.7 Å². The van der Waals surface area contributed by atoms with Gasteiger partial charge in [0.25, 0.3) is 12.3 Å². The number of anilines is 1. The van der Waals surface area contributed by atoms with Gasteiger partial charge in [-0.2, -0.15) is 0 Å². The Hall–Kier alpha value is -3.03. The van der Waals surface area contributed by atoms with Crippen molar-refractivity contribution >= 4 is 17.6 Å². The van der Waals surface area contributed by atoms with E-state index in [-0.39, 0.29) is 24.3 Å². The van der Waals surface area contributed by atoms with Crippen LogP contribution in [-0.2, 0) is 11.3 Å². The number of aromatic nitrogens is 1. The van der Waals surface area contributed by atoms with Crippen LogP contribution in [0.3, 0.4) is 0 Å². The summed E-state index contributed by atoms with van der Waals surface area (Å²) < 4.78 is 29.9. The van der Waals surface area contributed by atoms with Gasteiger partial charge >= 0.3 is 0 Å². The first kappa shape index (κ1) is 22.3. The molecule has 2 N–H and O–H groups in total. The Morgan fingerprint density at radius 1 is 1.14 bits per heavy atom. The molecule has 0 bridgehead atoms. The minimum Gasteiger partial charge on any atom is -0.487 e. The van der Waals surface area contributed by atoms with E-state index in [1.807, 2.05) is 0 Å². The molecule has 1 aromatic heterocycles. The van der Waals surface area contributed by atoms with Gasteiger partial charge in [0.2, 0.25) is 5.91 Å². The van der Waals surface area contributed by atoms with Gasteiger partial charge in [0.05, 0.1) is 0 Å². The van der Waals surface area contributed by atoms with Gasteiger partial charge in [0, 0.05) is 24.2 Å². The molecule has 1 heterocycles. The Labute approximate surface area is 168 Å². The maximum atomic E-state index is 12.4. The van der Waals surface area contributed by atoms with Crippen molar-refractivity contribution in [2.75, 3.05) is 11.9 Å². The second-order valence-corrected chi connectivity index (χ2v) is 7.02. The van der Waals surface area contributed by atoms with E-state index in [1.54, 1.807) is 45.9 Å². The Balaban J connectivity index is 2.03. The van der Waals surface area contributed by atoms with Crippen molar-refractivity contribution in [1.82, 2.24) is 10.3 Å². The lowest BCUT2D eigenvalue weighted by molar-refractivity contribution is -0.118. The number of pyridine rings is 1. The van der Waals surface area contributed by atoms with E-state index in [4.69, 9.17) is 4.74 Å². The maximum absolute atomic E-state index is 12.4. The van der Waals surface area contributed by atoms with Crippen LogP contribution in [0.1, 0.15) is 40.9 Å².